The fraction of sp³-hybridized carbons (Fsp3) is 0.130. The summed E-state index contributed by atoms with van der Waals surface area (Å²) in [5, 5.41) is 2.99. The lowest BCUT2D eigenvalue weighted by Crippen LogP contribution is -2.35. The molecule has 0 bridgehead atoms. The Hall–Kier alpha value is -3.30. The number of nitrogens with one attached hydrogen (secondary N) is 1. The number of fused-ring (bicyclic) bond motifs is 2. The molecule has 1 amide bonds. The Morgan fingerprint density at radius 3 is 2.78 bits per heavy atom. The van der Waals surface area contributed by atoms with Crippen LogP contribution in [-0.4, -0.2) is 25.4 Å². The second-order valence-corrected chi connectivity index (χ2v) is 10.4. The number of aromatic nitrogens is 1. The average molecular weight is 468 g/mol. The van der Waals surface area contributed by atoms with Crippen LogP contribution in [0.3, 0.4) is 0 Å². The molecule has 6 nitrogen and oxygen atoms in total. The van der Waals surface area contributed by atoms with E-state index in [1.165, 1.54) is 28.6 Å². The van der Waals surface area contributed by atoms with Gasteiger partial charge in [0.2, 0.25) is 0 Å². The Morgan fingerprint density at radius 2 is 1.94 bits per heavy atom. The second-order valence-electron chi connectivity index (χ2n) is 7.60. The van der Waals surface area contributed by atoms with Crippen LogP contribution in [0.2, 0.25) is 0 Å². The minimum absolute atomic E-state index is 0.0417. The summed E-state index contributed by atoms with van der Waals surface area (Å²) in [6.45, 7) is 1.87. The molecule has 0 aliphatic carbocycles. The minimum atomic E-state index is -3.86. The van der Waals surface area contributed by atoms with Gasteiger partial charge in [-0.25, -0.2) is 17.8 Å². The Bertz CT molecular complexity index is 1470. The number of halogens is 1. The number of sulfonamides is 1. The van der Waals surface area contributed by atoms with Crippen LogP contribution in [0.5, 0.6) is 0 Å². The summed E-state index contributed by atoms with van der Waals surface area (Å²) in [6, 6.07) is 17.3. The van der Waals surface area contributed by atoms with Crippen molar-refractivity contribution in [3.8, 4) is 0 Å². The highest BCUT2D eigenvalue weighted by molar-refractivity contribution is 7.92. The topological polar surface area (TPSA) is 79.4 Å². The van der Waals surface area contributed by atoms with E-state index in [9.17, 15) is 17.6 Å². The Labute approximate surface area is 188 Å². The van der Waals surface area contributed by atoms with Crippen molar-refractivity contribution >= 4 is 48.3 Å². The highest BCUT2D eigenvalue weighted by Crippen LogP contribution is 2.36. The van der Waals surface area contributed by atoms with Crippen molar-refractivity contribution in [1.29, 1.82) is 0 Å². The van der Waals surface area contributed by atoms with Crippen LogP contribution in [0.1, 0.15) is 22.8 Å². The molecule has 1 N–H and O–H groups in total. The molecule has 5 rings (SSSR count). The summed E-state index contributed by atoms with van der Waals surface area (Å²) in [4.78, 5) is 17.1. The maximum Gasteiger partial charge on any atom is 0.264 e. The molecule has 0 fully saturated rings. The zero-order chi connectivity index (χ0) is 22.5. The molecule has 1 aromatic heterocycles. The fourth-order valence-corrected chi connectivity index (χ4v) is 6.56. The summed E-state index contributed by atoms with van der Waals surface area (Å²) in [5.74, 6) is -0.869. The number of amides is 1. The van der Waals surface area contributed by atoms with Gasteiger partial charge in [-0.05, 0) is 61.4 Å². The van der Waals surface area contributed by atoms with Crippen LogP contribution in [0.25, 0.3) is 10.2 Å². The third-order valence-electron chi connectivity index (χ3n) is 5.37. The number of para-hydroxylation sites is 1. The van der Waals surface area contributed by atoms with Gasteiger partial charge in [-0.3, -0.25) is 14.4 Å². The average Bonchev–Trinajstić information content (AvgIpc) is 3.32. The molecule has 9 heteroatoms. The highest BCUT2D eigenvalue weighted by atomic mass is 32.2. The Kier molecular flexibility index (Phi) is 4.94. The number of carbonyl (C=O) groups excluding carboxylic acids is 1. The molecule has 162 valence electrons. The van der Waals surface area contributed by atoms with Gasteiger partial charge in [-0.15, -0.1) is 0 Å². The number of hydrogen-bond acceptors (Lipinski definition) is 5. The molecular formula is C23H18FN3O3S2. The number of carbonyl (C=O) groups is 1. The van der Waals surface area contributed by atoms with E-state index in [0.29, 0.717) is 27.5 Å². The van der Waals surface area contributed by atoms with E-state index in [0.717, 1.165) is 16.9 Å². The smallest absolute Gasteiger partial charge is 0.264 e. The lowest BCUT2D eigenvalue weighted by Gasteiger charge is -2.24. The van der Waals surface area contributed by atoms with Crippen molar-refractivity contribution in [3.05, 3.63) is 83.7 Å². The first-order valence-electron chi connectivity index (χ1n) is 9.93. The van der Waals surface area contributed by atoms with Crippen LogP contribution >= 0.6 is 11.3 Å². The molecular weight excluding hydrogens is 449 g/mol. The van der Waals surface area contributed by atoms with E-state index in [-0.39, 0.29) is 22.3 Å². The molecule has 0 spiro atoms. The third kappa shape index (κ3) is 3.53. The van der Waals surface area contributed by atoms with Gasteiger partial charge in [-0.1, -0.05) is 35.6 Å². The SMILES string of the molecule is CC1Cc2ccccc2N1S(=O)(=O)c1cccc(C(=O)Nc2nc3ccc(F)cc3s2)c1. The molecule has 0 saturated heterocycles. The molecule has 1 unspecified atom stereocenters. The van der Waals surface area contributed by atoms with Gasteiger partial charge in [0.25, 0.3) is 15.9 Å². The maximum absolute atomic E-state index is 13.4. The number of benzene rings is 3. The summed E-state index contributed by atoms with van der Waals surface area (Å²) in [6.07, 6.45) is 0.633. The number of rotatable bonds is 4. The molecule has 3 aromatic carbocycles. The van der Waals surface area contributed by atoms with E-state index in [1.54, 1.807) is 24.3 Å². The van der Waals surface area contributed by atoms with Gasteiger partial charge in [0.15, 0.2) is 5.13 Å². The van der Waals surface area contributed by atoms with E-state index in [2.05, 4.69) is 10.3 Å². The molecule has 1 aliphatic rings. The first-order chi connectivity index (χ1) is 15.3. The molecule has 4 aromatic rings. The van der Waals surface area contributed by atoms with Crippen molar-refractivity contribution < 1.29 is 17.6 Å². The maximum atomic E-state index is 13.4. The van der Waals surface area contributed by atoms with Gasteiger partial charge in [0.1, 0.15) is 5.82 Å². The number of thiazole rings is 1. The van der Waals surface area contributed by atoms with Crippen LogP contribution < -0.4 is 9.62 Å². The summed E-state index contributed by atoms with van der Waals surface area (Å²) < 4.78 is 42.3. The molecule has 1 aliphatic heterocycles. The first kappa shape index (κ1) is 20.6. The number of nitrogens with zero attached hydrogens (tertiary/aromatic N) is 2. The van der Waals surface area contributed by atoms with Gasteiger partial charge < -0.3 is 0 Å². The van der Waals surface area contributed by atoms with Crippen LogP contribution in [0.15, 0.2) is 71.6 Å². The molecule has 2 heterocycles. The molecule has 0 saturated carbocycles. The largest absolute Gasteiger partial charge is 0.298 e. The summed E-state index contributed by atoms with van der Waals surface area (Å²) >= 11 is 1.15. The normalized spacial score (nSPS) is 15.7. The summed E-state index contributed by atoms with van der Waals surface area (Å²) in [7, 11) is -3.86. The van der Waals surface area contributed by atoms with E-state index in [1.807, 2.05) is 25.1 Å². The number of hydrogen-bond donors (Lipinski definition) is 1. The number of anilines is 2. The zero-order valence-corrected chi connectivity index (χ0v) is 18.6. The molecule has 0 radical (unpaired) electrons. The zero-order valence-electron chi connectivity index (χ0n) is 16.9. The van der Waals surface area contributed by atoms with Crippen LogP contribution in [0, 0.1) is 5.82 Å². The van der Waals surface area contributed by atoms with E-state index < -0.39 is 15.9 Å². The predicted octanol–water partition coefficient (Wildman–Crippen LogP) is 4.83. The lowest BCUT2D eigenvalue weighted by molar-refractivity contribution is 0.102. The highest BCUT2D eigenvalue weighted by Gasteiger charge is 2.36. The van der Waals surface area contributed by atoms with Crippen LogP contribution in [0.4, 0.5) is 15.2 Å². The van der Waals surface area contributed by atoms with Crippen molar-refractivity contribution in [3.63, 3.8) is 0 Å². The monoisotopic (exact) mass is 467 g/mol. The minimum Gasteiger partial charge on any atom is -0.298 e. The van der Waals surface area contributed by atoms with Crippen LogP contribution in [-0.2, 0) is 16.4 Å². The van der Waals surface area contributed by atoms with E-state index in [4.69, 9.17) is 0 Å². The van der Waals surface area contributed by atoms with Gasteiger partial charge in [0, 0.05) is 11.6 Å². The first-order valence-corrected chi connectivity index (χ1v) is 12.2. The Morgan fingerprint density at radius 1 is 1.12 bits per heavy atom. The second kappa shape index (κ2) is 7.68. The van der Waals surface area contributed by atoms with Gasteiger partial charge in [-0.2, -0.15) is 0 Å². The third-order valence-corrected chi connectivity index (χ3v) is 8.23. The van der Waals surface area contributed by atoms with E-state index >= 15 is 0 Å². The van der Waals surface area contributed by atoms with Crippen molar-refractivity contribution in [1.82, 2.24) is 4.98 Å². The molecule has 1 atom stereocenters. The summed E-state index contributed by atoms with van der Waals surface area (Å²) in [5.41, 5.74) is 2.41. The van der Waals surface area contributed by atoms with Crippen molar-refractivity contribution in [2.45, 2.75) is 24.3 Å². The quantitative estimate of drug-likeness (QED) is 0.466. The Balaban J connectivity index is 1.44. The van der Waals surface area contributed by atoms with Crippen molar-refractivity contribution in [2.24, 2.45) is 0 Å². The predicted molar refractivity (Wildman–Crippen MR) is 123 cm³/mol. The lowest BCUT2D eigenvalue weighted by atomic mass is 10.1. The van der Waals surface area contributed by atoms with Gasteiger partial charge in [0.05, 0.1) is 20.8 Å². The standard InChI is InChI=1S/C23H18FN3O3S2/c1-14-11-15-5-2-3-8-20(15)27(14)32(29,30)18-7-4-6-16(12-18)22(28)26-23-25-19-10-9-17(24)13-21(19)31-23/h2-10,12-14H,11H2,1H3,(H,25,26,28). The van der Waals surface area contributed by atoms with Gasteiger partial charge >= 0.3 is 0 Å². The molecule has 32 heavy (non-hydrogen) atoms. The fourth-order valence-electron chi connectivity index (χ4n) is 3.94. The van der Waals surface area contributed by atoms with Crippen molar-refractivity contribution in [2.75, 3.05) is 9.62 Å².